The number of aryl methyl sites for hydroxylation is 1. The lowest BCUT2D eigenvalue weighted by Crippen LogP contribution is -2.60. The molecule has 3 unspecified atom stereocenters. The average Bonchev–Trinajstić information content (AvgIpc) is 2.26. The lowest BCUT2D eigenvalue weighted by atomic mass is 9.85. The summed E-state index contributed by atoms with van der Waals surface area (Å²) >= 11 is 0. The van der Waals surface area contributed by atoms with Gasteiger partial charge in [-0.25, -0.2) is 0 Å². The highest BCUT2D eigenvalue weighted by Gasteiger charge is 2.42. The second kappa shape index (κ2) is 4.85. The number of benzene rings is 1. The normalized spacial score (nSPS) is 28.6. The van der Waals surface area contributed by atoms with E-state index in [1.807, 2.05) is 25.2 Å². The van der Waals surface area contributed by atoms with Gasteiger partial charge >= 0.3 is 0 Å². The number of ether oxygens (including phenoxy) is 2. The highest BCUT2D eigenvalue weighted by Crippen LogP contribution is 2.29. The predicted molar refractivity (Wildman–Crippen MR) is 63.9 cm³/mol. The molecule has 0 aliphatic heterocycles. The minimum Gasteiger partial charge on any atom is -0.487 e. The van der Waals surface area contributed by atoms with Gasteiger partial charge in [0.2, 0.25) is 0 Å². The van der Waals surface area contributed by atoms with Crippen LogP contribution < -0.4 is 10.1 Å². The van der Waals surface area contributed by atoms with Crippen LogP contribution >= 0.6 is 0 Å². The monoisotopic (exact) mass is 221 g/mol. The van der Waals surface area contributed by atoms with Gasteiger partial charge in [-0.05, 0) is 25.6 Å². The molecule has 2 rings (SSSR count). The molecule has 0 bridgehead atoms. The van der Waals surface area contributed by atoms with Gasteiger partial charge in [0.05, 0.1) is 0 Å². The summed E-state index contributed by atoms with van der Waals surface area (Å²) in [6, 6.07) is 8.50. The third-order valence-electron chi connectivity index (χ3n) is 3.26. The maximum atomic E-state index is 5.95. The molecule has 1 aromatic rings. The molecule has 0 heterocycles. The third kappa shape index (κ3) is 2.06. The van der Waals surface area contributed by atoms with Crippen LogP contribution in [-0.2, 0) is 4.74 Å². The predicted octanol–water partition coefficient (Wildman–Crippen LogP) is 1.75. The molecule has 88 valence electrons. The van der Waals surface area contributed by atoms with Gasteiger partial charge in [-0.15, -0.1) is 0 Å². The number of para-hydroxylation sites is 1. The van der Waals surface area contributed by atoms with Gasteiger partial charge in [0.1, 0.15) is 18.0 Å². The minimum absolute atomic E-state index is 0.157. The van der Waals surface area contributed by atoms with Crippen LogP contribution in [-0.4, -0.2) is 32.4 Å². The van der Waals surface area contributed by atoms with Gasteiger partial charge in [-0.3, -0.25) is 0 Å². The smallest absolute Gasteiger partial charge is 0.128 e. The van der Waals surface area contributed by atoms with Crippen LogP contribution in [0, 0.1) is 6.92 Å². The molecule has 0 aromatic heterocycles. The van der Waals surface area contributed by atoms with Gasteiger partial charge in [-0.2, -0.15) is 0 Å². The molecule has 1 fully saturated rings. The molecule has 3 nitrogen and oxygen atoms in total. The first kappa shape index (κ1) is 11.4. The fourth-order valence-electron chi connectivity index (χ4n) is 2.15. The number of rotatable bonds is 4. The molecule has 1 saturated carbocycles. The Bertz CT molecular complexity index is 354. The number of hydrogen-bond acceptors (Lipinski definition) is 3. The van der Waals surface area contributed by atoms with E-state index in [4.69, 9.17) is 9.47 Å². The molecule has 16 heavy (non-hydrogen) atoms. The number of hydrogen-bond donors (Lipinski definition) is 1. The molecule has 3 atom stereocenters. The quantitative estimate of drug-likeness (QED) is 0.840. The first-order valence-electron chi connectivity index (χ1n) is 5.68. The summed E-state index contributed by atoms with van der Waals surface area (Å²) < 4.78 is 11.4. The Kier molecular flexibility index (Phi) is 3.46. The van der Waals surface area contributed by atoms with Crippen LogP contribution in [0.2, 0.25) is 0 Å². The van der Waals surface area contributed by atoms with Crippen molar-refractivity contribution in [2.75, 3.05) is 14.2 Å². The highest BCUT2D eigenvalue weighted by atomic mass is 16.5. The van der Waals surface area contributed by atoms with Crippen molar-refractivity contribution in [2.45, 2.75) is 31.6 Å². The van der Waals surface area contributed by atoms with Crippen LogP contribution in [0.3, 0.4) is 0 Å². The Morgan fingerprint density at radius 1 is 1.31 bits per heavy atom. The van der Waals surface area contributed by atoms with Crippen LogP contribution in [0.15, 0.2) is 24.3 Å². The number of methoxy groups -OCH3 is 1. The van der Waals surface area contributed by atoms with Crippen LogP contribution in [0.25, 0.3) is 0 Å². The molecule has 0 spiro atoms. The van der Waals surface area contributed by atoms with Crippen molar-refractivity contribution in [1.82, 2.24) is 5.32 Å². The molecular weight excluding hydrogens is 202 g/mol. The lowest BCUT2D eigenvalue weighted by molar-refractivity contribution is -0.0871. The van der Waals surface area contributed by atoms with Gasteiger partial charge in [0, 0.05) is 19.6 Å². The van der Waals surface area contributed by atoms with E-state index in [2.05, 4.69) is 18.3 Å². The van der Waals surface area contributed by atoms with Crippen molar-refractivity contribution in [2.24, 2.45) is 0 Å². The van der Waals surface area contributed by atoms with Gasteiger partial charge in [0.15, 0.2) is 0 Å². The first-order chi connectivity index (χ1) is 7.76. The van der Waals surface area contributed by atoms with Crippen LogP contribution in [0.5, 0.6) is 5.75 Å². The SMILES string of the molecule is CNC1CC(Oc2ccccc2C)C1OC. The van der Waals surface area contributed by atoms with E-state index in [1.54, 1.807) is 7.11 Å². The zero-order valence-corrected chi connectivity index (χ0v) is 10.1. The van der Waals surface area contributed by atoms with E-state index in [1.165, 1.54) is 5.56 Å². The van der Waals surface area contributed by atoms with Gasteiger partial charge in [0.25, 0.3) is 0 Å². The van der Waals surface area contributed by atoms with Crippen molar-refractivity contribution >= 4 is 0 Å². The Hall–Kier alpha value is -1.06. The molecule has 1 aromatic carbocycles. The topological polar surface area (TPSA) is 30.5 Å². The molecule has 3 heteroatoms. The van der Waals surface area contributed by atoms with Crippen molar-refractivity contribution < 1.29 is 9.47 Å². The summed E-state index contributed by atoms with van der Waals surface area (Å²) in [5.41, 5.74) is 1.17. The second-order valence-corrected chi connectivity index (χ2v) is 4.25. The molecule has 0 amide bonds. The maximum absolute atomic E-state index is 5.95. The summed E-state index contributed by atoms with van der Waals surface area (Å²) in [6.07, 6.45) is 1.33. The van der Waals surface area contributed by atoms with E-state index in [9.17, 15) is 0 Å². The first-order valence-corrected chi connectivity index (χ1v) is 5.68. The zero-order chi connectivity index (χ0) is 11.5. The van der Waals surface area contributed by atoms with E-state index in [0.29, 0.717) is 6.04 Å². The summed E-state index contributed by atoms with van der Waals surface area (Å²) in [5, 5.41) is 3.23. The van der Waals surface area contributed by atoms with Gasteiger partial charge in [-0.1, -0.05) is 18.2 Å². The van der Waals surface area contributed by atoms with E-state index >= 15 is 0 Å². The number of likely N-dealkylation sites (N-methyl/N-ethyl adjacent to an activating group) is 1. The Balaban J connectivity index is 1.99. The standard InChI is InChI=1S/C13H19NO2/c1-9-6-4-5-7-11(9)16-12-8-10(14-2)13(12)15-3/h4-7,10,12-14H,8H2,1-3H3. The lowest BCUT2D eigenvalue weighted by Gasteiger charge is -2.43. The van der Waals surface area contributed by atoms with Crippen molar-refractivity contribution in [3.05, 3.63) is 29.8 Å². The molecule has 1 aliphatic rings. The van der Waals surface area contributed by atoms with Crippen molar-refractivity contribution in [3.8, 4) is 5.75 Å². The molecule has 0 saturated heterocycles. The Morgan fingerprint density at radius 3 is 2.69 bits per heavy atom. The highest BCUT2D eigenvalue weighted by molar-refractivity contribution is 5.32. The summed E-state index contributed by atoms with van der Waals surface area (Å²) in [5.74, 6) is 0.962. The molecule has 1 N–H and O–H groups in total. The van der Waals surface area contributed by atoms with Crippen molar-refractivity contribution in [1.29, 1.82) is 0 Å². The zero-order valence-electron chi connectivity index (χ0n) is 10.1. The van der Waals surface area contributed by atoms with E-state index in [0.717, 1.165) is 12.2 Å². The van der Waals surface area contributed by atoms with Crippen LogP contribution in [0.4, 0.5) is 0 Å². The number of nitrogens with one attached hydrogen (secondary N) is 1. The largest absolute Gasteiger partial charge is 0.487 e. The van der Waals surface area contributed by atoms with E-state index in [-0.39, 0.29) is 12.2 Å². The maximum Gasteiger partial charge on any atom is 0.128 e. The minimum atomic E-state index is 0.157. The second-order valence-electron chi connectivity index (χ2n) is 4.25. The van der Waals surface area contributed by atoms with Crippen LogP contribution in [0.1, 0.15) is 12.0 Å². The Labute approximate surface area is 96.8 Å². The summed E-state index contributed by atoms with van der Waals surface area (Å²) in [6.45, 7) is 2.06. The fraction of sp³-hybridized carbons (Fsp3) is 0.538. The summed E-state index contributed by atoms with van der Waals surface area (Å²) in [7, 11) is 3.70. The third-order valence-corrected chi connectivity index (χ3v) is 3.26. The average molecular weight is 221 g/mol. The van der Waals surface area contributed by atoms with Crippen molar-refractivity contribution in [3.63, 3.8) is 0 Å². The molecule has 0 radical (unpaired) electrons. The fourth-order valence-corrected chi connectivity index (χ4v) is 2.15. The molecular formula is C13H19NO2. The van der Waals surface area contributed by atoms with Gasteiger partial charge < -0.3 is 14.8 Å². The Morgan fingerprint density at radius 2 is 2.06 bits per heavy atom. The summed E-state index contributed by atoms with van der Waals surface area (Å²) in [4.78, 5) is 0. The van der Waals surface area contributed by atoms with E-state index < -0.39 is 0 Å². The molecule has 1 aliphatic carbocycles.